The summed E-state index contributed by atoms with van der Waals surface area (Å²) >= 11 is 0. The van der Waals surface area contributed by atoms with Gasteiger partial charge in [0.2, 0.25) is 0 Å². The second-order valence-electron chi connectivity index (χ2n) is 10.7. The van der Waals surface area contributed by atoms with Gasteiger partial charge in [-0.05, 0) is 63.8 Å². The first kappa shape index (κ1) is 28.5. The van der Waals surface area contributed by atoms with Gasteiger partial charge in [-0.25, -0.2) is 4.39 Å². The topological polar surface area (TPSA) is 92.8 Å². The van der Waals surface area contributed by atoms with Crippen LogP contribution >= 0.6 is 0 Å². The Balaban J connectivity index is 1.82. The first-order chi connectivity index (χ1) is 18.5. The molecule has 0 bridgehead atoms. The van der Waals surface area contributed by atoms with E-state index < -0.39 is 11.7 Å². The van der Waals surface area contributed by atoms with Gasteiger partial charge in [0.15, 0.2) is 5.79 Å². The fraction of sp³-hybridized carbons (Fsp3) is 0.419. The summed E-state index contributed by atoms with van der Waals surface area (Å²) in [6, 6.07) is 15.9. The van der Waals surface area contributed by atoms with Gasteiger partial charge in [0.1, 0.15) is 11.5 Å². The van der Waals surface area contributed by atoms with Crippen molar-refractivity contribution < 1.29 is 28.2 Å². The number of hydrogen-bond donors (Lipinski definition) is 1. The predicted molar refractivity (Wildman–Crippen MR) is 148 cm³/mol. The predicted octanol–water partition coefficient (Wildman–Crippen LogP) is 6.05. The van der Waals surface area contributed by atoms with Crippen LogP contribution in [-0.2, 0) is 25.4 Å². The van der Waals surface area contributed by atoms with Gasteiger partial charge in [-0.2, -0.15) is 0 Å². The third-order valence-corrected chi connectivity index (χ3v) is 7.00. The first-order valence-corrected chi connectivity index (χ1v) is 13.3. The lowest BCUT2D eigenvalue weighted by molar-refractivity contribution is -0.300. The number of aromatic nitrogens is 1. The van der Waals surface area contributed by atoms with Crippen LogP contribution in [0.25, 0.3) is 22.3 Å². The van der Waals surface area contributed by atoms with Crippen LogP contribution in [0.2, 0.25) is 0 Å². The second kappa shape index (κ2) is 11.7. The Morgan fingerprint density at radius 3 is 2.23 bits per heavy atom. The van der Waals surface area contributed by atoms with E-state index in [1.54, 1.807) is 12.1 Å². The molecule has 1 aliphatic rings. The van der Waals surface area contributed by atoms with Gasteiger partial charge < -0.3 is 24.5 Å². The SMILES string of the molecule is COC(=O)C[C@H]1C[C@@H](CCc2c(-c3ccc(F)cc3)c(-c3ccccc3)c(C(N)=O)n2C(C)C)OC(C)(C)O1. The highest BCUT2D eigenvalue weighted by Gasteiger charge is 2.37. The summed E-state index contributed by atoms with van der Waals surface area (Å²) in [6.07, 6.45) is 1.32. The average molecular weight is 537 g/mol. The highest BCUT2D eigenvalue weighted by molar-refractivity contribution is 6.04. The van der Waals surface area contributed by atoms with E-state index in [4.69, 9.17) is 19.9 Å². The van der Waals surface area contributed by atoms with Crippen LogP contribution in [0.1, 0.15) is 69.2 Å². The van der Waals surface area contributed by atoms with Gasteiger partial charge >= 0.3 is 5.97 Å². The van der Waals surface area contributed by atoms with Gasteiger partial charge in [0, 0.05) is 29.3 Å². The first-order valence-electron chi connectivity index (χ1n) is 13.3. The molecule has 0 radical (unpaired) electrons. The minimum Gasteiger partial charge on any atom is -0.469 e. The third-order valence-electron chi connectivity index (χ3n) is 7.00. The number of nitrogens with two attached hydrogens (primary N) is 1. The number of benzene rings is 2. The zero-order valence-electron chi connectivity index (χ0n) is 23.2. The summed E-state index contributed by atoms with van der Waals surface area (Å²) in [4.78, 5) is 24.9. The normalized spacial score (nSPS) is 18.7. The summed E-state index contributed by atoms with van der Waals surface area (Å²) in [7, 11) is 1.36. The summed E-state index contributed by atoms with van der Waals surface area (Å²) in [5, 5.41) is 0. The monoisotopic (exact) mass is 536 g/mol. The second-order valence-corrected chi connectivity index (χ2v) is 10.7. The molecule has 208 valence electrons. The number of nitrogens with zero attached hydrogens (tertiary/aromatic N) is 1. The Morgan fingerprint density at radius 1 is 1.03 bits per heavy atom. The Hall–Kier alpha value is -3.49. The molecule has 3 aromatic rings. The molecule has 2 heterocycles. The van der Waals surface area contributed by atoms with Crippen LogP contribution in [-0.4, -0.2) is 41.5 Å². The molecule has 4 rings (SSSR count). The van der Waals surface area contributed by atoms with Crippen LogP contribution in [0.3, 0.4) is 0 Å². The van der Waals surface area contributed by atoms with Crippen molar-refractivity contribution in [2.75, 3.05) is 7.11 Å². The van der Waals surface area contributed by atoms with Gasteiger partial charge in [0.25, 0.3) is 5.91 Å². The zero-order chi connectivity index (χ0) is 28.3. The largest absolute Gasteiger partial charge is 0.469 e. The molecule has 39 heavy (non-hydrogen) atoms. The van der Waals surface area contributed by atoms with Crippen LogP contribution in [0, 0.1) is 5.82 Å². The third kappa shape index (κ3) is 6.40. The number of carbonyl (C=O) groups is 2. The van der Waals surface area contributed by atoms with E-state index in [0.29, 0.717) is 25.0 Å². The summed E-state index contributed by atoms with van der Waals surface area (Å²) in [5.41, 5.74) is 10.6. The zero-order valence-corrected chi connectivity index (χ0v) is 23.2. The Bertz CT molecular complexity index is 1310. The molecule has 2 atom stereocenters. The van der Waals surface area contributed by atoms with Gasteiger partial charge in [-0.3, -0.25) is 9.59 Å². The maximum atomic E-state index is 13.9. The molecule has 7 nitrogen and oxygen atoms in total. The molecule has 0 unspecified atom stereocenters. The maximum Gasteiger partial charge on any atom is 0.308 e. The molecule has 1 saturated heterocycles. The number of amides is 1. The van der Waals surface area contributed by atoms with E-state index >= 15 is 0 Å². The molecule has 0 saturated carbocycles. The molecular weight excluding hydrogens is 499 g/mol. The van der Waals surface area contributed by atoms with Gasteiger partial charge in [-0.15, -0.1) is 0 Å². The Labute approximate surface area is 229 Å². The summed E-state index contributed by atoms with van der Waals surface area (Å²) in [6.45, 7) is 7.70. The highest BCUT2D eigenvalue weighted by atomic mass is 19.1. The highest BCUT2D eigenvalue weighted by Crippen LogP contribution is 2.43. The molecule has 1 amide bonds. The van der Waals surface area contributed by atoms with Crippen molar-refractivity contribution in [3.63, 3.8) is 0 Å². The number of halogens is 1. The molecule has 1 fully saturated rings. The quantitative estimate of drug-likeness (QED) is 0.336. The average Bonchev–Trinajstić information content (AvgIpc) is 3.23. The van der Waals surface area contributed by atoms with Gasteiger partial charge in [0.05, 0.1) is 25.7 Å². The van der Waals surface area contributed by atoms with E-state index in [2.05, 4.69) is 0 Å². The van der Waals surface area contributed by atoms with E-state index in [9.17, 15) is 14.0 Å². The number of methoxy groups -OCH3 is 1. The number of rotatable bonds is 9. The van der Waals surface area contributed by atoms with Crippen LogP contribution < -0.4 is 5.73 Å². The van der Waals surface area contributed by atoms with Crippen molar-refractivity contribution >= 4 is 11.9 Å². The van der Waals surface area contributed by atoms with Crippen molar-refractivity contribution in [3.8, 4) is 22.3 Å². The van der Waals surface area contributed by atoms with E-state index in [0.717, 1.165) is 27.9 Å². The van der Waals surface area contributed by atoms with E-state index in [1.165, 1.54) is 19.2 Å². The number of ether oxygens (including phenoxy) is 3. The molecule has 1 aromatic heterocycles. The van der Waals surface area contributed by atoms with E-state index in [1.807, 2.05) is 62.6 Å². The summed E-state index contributed by atoms with van der Waals surface area (Å²) in [5.74, 6) is -2.06. The number of esters is 1. The smallest absolute Gasteiger partial charge is 0.308 e. The fourth-order valence-electron chi connectivity index (χ4n) is 5.60. The minimum atomic E-state index is -0.866. The van der Waals surface area contributed by atoms with Crippen molar-refractivity contribution in [1.82, 2.24) is 4.57 Å². The molecule has 0 spiro atoms. The Kier molecular flexibility index (Phi) is 8.57. The van der Waals surface area contributed by atoms with Crippen LogP contribution in [0.5, 0.6) is 0 Å². The van der Waals surface area contributed by atoms with Crippen LogP contribution in [0.15, 0.2) is 54.6 Å². The lowest BCUT2D eigenvalue weighted by atomic mass is 9.92. The lowest BCUT2D eigenvalue weighted by Crippen LogP contribution is -2.45. The number of primary amides is 1. The molecule has 8 heteroatoms. The van der Waals surface area contributed by atoms with Crippen molar-refractivity contribution in [2.24, 2.45) is 5.73 Å². The molecule has 1 aliphatic heterocycles. The summed E-state index contributed by atoms with van der Waals surface area (Å²) < 4.78 is 33.0. The number of carbonyl (C=O) groups excluding carboxylic acids is 2. The maximum absolute atomic E-state index is 13.9. The fourth-order valence-corrected chi connectivity index (χ4v) is 5.60. The standard InChI is InChI=1S/C31H37FN2O5/c1-19(2)34-25(16-15-23-17-24(18-26(35)37-5)39-31(3,4)38-23)27(21-11-13-22(32)14-12-21)28(29(34)30(33)36)20-9-7-6-8-10-20/h6-14,19,23-24H,15-18H2,1-5H3,(H2,33,36)/t23-,24-/m1/s1. The van der Waals surface area contributed by atoms with E-state index in [-0.39, 0.29) is 36.5 Å². The molecule has 2 aromatic carbocycles. The molecule has 0 aliphatic carbocycles. The number of hydrogen-bond acceptors (Lipinski definition) is 5. The van der Waals surface area contributed by atoms with Gasteiger partial charge in [-0.1, -0.05) is 42.5 Å². The molecular formula is C31H37FN2O5. The lowest BCUT2D eigenvalue weighted by Gasteiger charge is -2.40. The van der Waals surface area contributed by atoms with Crippen molar-refractivity contribution in [2.45, 2.75) is 77.4 Å². The van der Waals surface area contributed by atoms with Crippen LogP contribution in [0.4, 0.5) is 4.39 Å². The van der Waals surface area contributed by atoms with Crippen molar-refractivity contribution in [1.29, 1.82) is 0 Å². The Morgan fingerprint density at radius 2 is 1.64 bits per heavy atom. The molecule has 2 N–H and O–H groups in total. The minimum absolute atomic E-state index is 0.0710. The van der Waals surface area contributed by atoms with Crippen molar-refractivity contribution in [3.05, 3.63) is 71.8 Å².